The third-order valence-electron chi connectivity index (χ3n) is 9.20. The molecule has 2 aliphatic rings. The molecule has 278 valence electrons. The van der Waals surface area contributed by atoms with E-state index in [0.29, 0.717) is 24.9 Å². The predicted molar refractivity (Wildman–Crippen MR) is 213 cm³/mol. The Labute approximate surface area is 316 Å². The highest BCUT2D eigenvalue weighted by atomic mass is 32.1. The average Bonchev–Trinajstić information content (AvgIpc) is 3.76. The highest BCUT2D eigenvalue weighted by Gasteiger charge is 2.20. The molecule has 0 fully saturated rings. The van der Waals surface area contributed by atoms with Crippen LogP contribution >= 0.6 is 22.7 Å². The number of hydrogen-bond donors (Lipinski definition) is 4. The number of nitrogens with one attached hydrogen (secondary N) is 3. The molecular weight excluding hydrogens is 711 g/mol. The Kier molecular flexibility index (Phi) is 14.2. The Balaban J connectivity index is 0.000000153. The van der Waals surface area contributed by atoms with Crippen molar-refractivity contribution in [1.82, 2.24) is 25.3 Å². The number of halogens is 2. The molecule has 53 heavy (non-hydrogen) atoms. The largest absolute Gasteiger partial charge is 0.369 e. The molecule has 0 spiro atoms. The normalized spacial score (nSPS) is 13.3. The molecule has 2 aliphatic carbocycles. The number of thiophene rings is 2. The summed E-state index contributed by atoms with van der Waals surface area (Å²) in [7, 11) is 0. The number of anilines is 2. The van der Waals surface area contributed by atoms with E-state index < -0.39 is 0 Å². The van der Waals surface area contributed by atoms with Crippen molar-refractivity contribution in [2.45, 2.75) is 70.8 Å². The monoisotopic (exact) mass is 756 g/mol. The van der Waals surface area contributed by atoms with Crippen LogP contribution in [0.25, 0.3) is 20.4 Å². The first kappa shape index (κ1) is 38.3. The van der Waals surface area contributed by atoms with Gasteiger partial charge in [-0.3, -0.25) is 4.79 Å². The molecule has 0 saturated carbocycles. The van der Waals surface area contributed by atoms with E-state index in [4.69, 9.17) is 5.73 Å². The van der Waals surface area contributed by atoms with E-state index in [1.165, 1.54) is 101 Å². The molecule has 0 unspecified atom stereocenters. The van der Waals surface area contributed by atoms with Gasteiger partial charge in [0, 0.05) is 35.0 Å². The van der Waals surface area contributed by atoms with Crippen molar-refractivity contribution < 1.29 is 13.6 Å². The van der Waals surface area contributed by atoms with Crippen LogP contribution in [0.4, 0.5) is 20.4 Å². The molecular formula is C40H46F2N8OS2. The molecule has 0 saturated heterocycles. The van der Waals surface area contributed by atoms with E-state index in [-0.39, 0.29) is 11.6 Å². The van der Waals surface area contributed by atoms with E-state index in [0.717, 1.165) is 65.8 Å². The number of fused-ring (bicyclic) bond motifs is 6. The van der Waals surface area contributed by atoms with Crippen LogP contribution in [0.5, 0.6) is 0 Å². The molecule has 0 amide bonds. The van der Waals surface area contributed by atoms with Crippen LogP contribution < -0.4 is 21.7 Å². The summed E-state index contributed by atoms with van der Waals surface area (Å²) in [5, 5.41) is 12.7. The van der Waals surface area contributed by atoms with Gasteiger partial charge >= 0.3 is 0 Å². The highest BCUT2D eigenvalue weighted by Crippen LogP contribution is 2.39. The van der Waals surface area contributed by atoms with Crippen molar-refractivity contribution in [2.24, 2.45) is 5.73 Å². The van der Waals surface area contributed by atoms with Gasteiger partial charge in [-0.1, -0.05) is 24.3 Å². The molecule has 0 aliphatic heterocycles. The van der Waals surface area contributed by atoms with Crippen LogP contribution in [0.3, 0.4) is 0 Å². The first-order valence-corrected chi connectivity index (χ1v) is 20.0. The van der Waals surface area contributed by atoms with Gasteiger partial charge in [-0.05, 0) is 118 Å². The minimum atomic E-state index is -0.375. The number of carbonyl (C=O) groups excluding carboxylic acids is 1. The van der Waals surface area contributed by atoms with Crippen molar-refractivity contribution in [2.75, 3.05) is 36.8 Å². The van der Waals surface area contributed by atoms with Crippen molar-refractivity contribution in [3.8, 4) is 0 Å². The fourth-order valence-corrected chi connectivity index (χ4v) is 9.09. The quantitative estimate of drug-likeness (QED) is 0.0720. The standard InChI is InChI=1S/C20H23FN4S.C13H18N4S.C7H5FO/c21-15-6-3-5-14(11-15)12-22-9-4-10-23-19-18-16-7-1-2-8-17(16)26-20(18)25-13-24-19;14-6-3-7-15-12-11-9-4-1-2-5-10(9)18-13(11)17-8-16-12;8-7-3-1-2-6(4-7)5-9/h3,5-6,11,13,22H,1-2,4,7-10,12H2,(H,23,24,25);8H,1-7,14H2,(H,15,16,17);1-5H. The third-order valence-corrected chi connectivity index (χ3v) is 11.6. The lowest BCUT2D eigenvalue weighted by Gasteiger charge is -2.12. The molecule has 4 aromatic heterocycles. The summed E-state index contributed by atoms with van der Waals surface area (Å²) in [6.45, 7) is 4.01. The second-order valence-electron chi connectivity index (χ2n) is 13.1. The number of carbonyl (C=O) groups is 1. The Morgan fingerprint density at radius 1 is 0.698 bits per heavy atom. The van der Waals surface area contributed by atoms with Crippen LogP contribution in [-0.4, -0.2) is 52.4 Å². The topological polar surface area (TPSA) is 131 Å². The lowest BCUT2D eigenvalue weighted by atomic mass is 9.97. The first-order valence-electron chi connectivity index (χ1n) is 18.4. The number of aryl methyl sites for hydroxylation is 4. The van der Waals surface area contributed by atoms with Crippen molar-refractivity contribution in [1.29, 1.82) is 0 Å². The van der Waals surface area contributed by atoms with Crippen molar-refractivity contribution in [3.63, 3.8) is 0 Å². The summed E-state index contributed by atoms with van der Waals surface area (Å²) in [5.41, 5.74) is 9.81. The minimum Gasteiger partial charge on any atom is -0.369 e. The summed E-state index contributed by atoms with van der Waals surface area (Å²) in [6.07, 6.45) is 15.7. The van der Waals surface area contributed by atoms with Gasteiger partial charge in [-0.15, -0.1) is 22.7 Å². The molecule has 8 rings (SSSR count). The molecule has 2 aromatic carbocycles. The van der Waals surface area contributed by atoms with Crippen LogP contribution in [0.1, 0.15) is 75.3 Å². The molecule has 0 radical (unpaired) electrons. The van der Waals surface area contributed by atoms with Gasteiger partial charge in [-0.25, -0.2) is 28.7 Å². The summed E-state index contributed by atoms with van der Waals surface area (Å²) < 4.78 is 25.4. The first-order chi connectivity index (χ1) is 26.0. The second kappa shape index (κ2) is 19.6. The Hall–Kier alpha value is -4.43. The number of hydrogen-bond acceptors (Lipinski definition) is 11. The Morgan fingerprint density at radius 3 is 1.81 bits per heavy atom. The number of aromatic nitrogens is 4. The SMILES string of the molecule is Fc1cccc(CNCCCNc2ncnc3sc4c(c23)CCCC4)c1.NCCCNc1ncnc2sc3c(c12)CCCC3.O=Cc1cccc(F)c1. The zero-order valence-corrected chi connectivity index (χ0v) is 31.4. The fraction of sp³-hybridized carbons (Fsp3) is 0.375. The van der Waals surface area contributed by atoms with Gasteiger partial charge in [0.25, 0.3) is 0 Å². The van der Waals surface area contributed by atoms with E-state index in [1.54, 1.807) is 30.9 Å². The lowest BCUT2D eigenvalue weighted by molar-refractivity contribution is 0.112. The minimum absolute atomic E-state index is 0.183. The molecule has 5 N–H and O–H groups in total. The number of nitrogens with zero attached hydrogens (tertiary/aromatic N) is 4. The average molecular weight is 757 g/mol. The van der Waals surface area contributed by atoms with Gasteiger partial charge in [0.15, 0.2) is 0 Å². The van der Waals surface area contributed by atoms with Gasteiger partial charge in [0.2, 0.25) is 0 Å². The van der Waals surface area contributed by atoms with E-state index in [1.807, 2.05) is 28.7 Å². The fourth-order valence-electron chi connectivity index (χ4n) is 6.64. The maximum Gasteiger partial charge on any atom is 0.150 e. The van der Waals surface area contributed by atoms with E-state index in [9.17, 15) is 13.6 Å². The maximum absolute atomic E-state index is 13.2. The second-order valence-corrected chi connectivity index (χ2v) is 15.2. The molecule has 9 nitrogen and oxygen atoms in total. The van der Waals surface area contributed by atoms with Gasteiger partial charge in [0.05, 0.1) is 10.8 Å². The van der Waals surface area contributed by atoms with Crippen LogP contribution in [0.2, 0.25) is 0 Å². The number of rotatable bonds is 12. The summed E-state index contributed by atoms with van der Waals surface area (Å²) in [4.78, 5) is 33.0. The molecule has 0 bridgehead atoms. The number of benzene rings is 2. The Bertz CT molecular complexity index is 2100. The van der Waals surface area contributed by atoms with Crippen LogP contribution in [0.15, 0.2) is 61.2 Å². The van der Waals surface area contributed by atoms with E-state index in [2.05, 4.69) is 35.9 Å². The van der Waals surface area contributed by atoms with Gasteiger partial charge < -0.3 is 21.7 Å². The maximum atomic E-state index is 13.2. The van der Waals surface area contributed by atoms with E-state index >= 15 is 0 Å². The highest BCUT2D eigenvalue weighted by molar-refractivity contribution is 7.19. The Morgan fingerprint density at radius 2 is 1.26 bits per heavy atom. The van der Waals surface area contributed by atoms with Crippen LogP contribution in [-0.2, 0) is 32.2 Å². The number of aldehydes is 1. The smallest absolute Gasteiger partial charge is 0.150 e. The zero-order valence-electron chi connectivity index (χ0n) is 29.8. The third kappa shape index (κ3) is 10.4. The van der Waals surface area contributed by atoms with Crippen molar-refractivity contribution in [3.05, 3.63) is 105 Å². The molecule has 4 heterocycles. The van der Waals surface area contributed by atoms with Gasteiger partial charge in [-0.2, -0.15) is 0 Å². The summed E-state index contributed by atoms with van der Waals surface area (Å²) in [5.74, 6) is 1.41. The molecule has 6 aromatic rings. The van der Waals surface area contributed by atoms with Crippen molar-refractivity contribution >= 4 is 61.0 Å². The summed E-state index contributed by atoms with van der Waals surface area (Å²) >= 11 is 3.66. The lowest BCUT2D eigenvalue weighted by Crippen LogP contribution is -2.18. The predicted octanol–water partition coefficient (Wildman–Crippen LogP) is 8.27. The summed E-state index contributed by atoms with van der Waals surface area (Å²) in [6, 6.07) is 12.3. The van der Waals surface area contributed by atoms with Gasteiger partial charge in [0.1, 0.15) is 51.9 Å². The van der Waals surface area contributed by atoms with Crippen LogP contribution in [0, 0.1) is 11.6 Å². The zero-order chi connectivity index (χ0) is 36.8. The molecule has 13 heteroatoms. The number of nitrogens with two attached hydrogens (primary N) is 1. The molecule has 0 atom stereocenters.